The van der Waals surface area contributed by atoms with Gasteiger partial charge in [0.15, 0.2) is 0 Å². The summed E-state index contributed by atoms with van der Waals surface area (Å²) >= 11 is 0. The number of methoxy groups -OCH3 is 1. The van der Waals surface area contributed by atoms with Crippen molar-refractivity contribution in [1.82, 2.24) is 14.8 Å². The van der Waals surface area contributed by atoms with Gasteiger partial charge >= 0.3 is 0 Å². The van der Waals surface area contributed by atoms with E-state index in [4.69, 9.17) is 4.74 Å². The number of piperidine rings is 2. The van der Waals surface area contributed by atoms with Crippen LogP contribution in [0.2, 0.25) is 0 Å². The number of rotatable bonds is 5. The van der Waals surface area contributed by atoms with Crippen molar-refractivity contribution in [1.29, 1.82) is 0 Å². The molecule has 1 spiro atoms. The standard InChI is InChI=1S/C21H29N3O3/c1-27-14-17-3-2-4-18(22-17)20(26)23-11-9-21(10-12-23)8-7-19(25)24(15-21)13-16-5-6-16/h2-4,16H,5-15H2,1H3. The topological polar surface area (TPSA) is 62.7 Å². The predicted molar refractivity (Wildman–Crippen MR) is 101 cm³/mol. The Balaban J connectivity index is 1.37. The van der Waals surface area contributed by atoms with Crippen LogP contribution in [-0.2, 0) is 16.1 Å². The minimum atomic E-state index is 0.00419. The Kier molecular flexibility index (Phi) is 5.17. The van der Waals surface area contributed by atoms with E-state index in [1.165, 1.54) is 12.8 Å². The molecule has 3 heterocycles. The fourth-order valence-electron chi connectivity index (χ4n) is 4.46. The average Bonchev–Trinajstić information content (AvgIpc) is 3.50. The molecule has 146 valence electrons. The largest absolute Gasteiger partial charge is 0.378 e. The Bertz CT molecular complexity index is 708. The SMILES string of the molecule is COCc1cccc(C(=O)N2CCC3(CCC(=O)N(CC4CC4)C3)CC2)n1. The molecule has 3 aliphatic rings. The van der Waals surface area contributed by atoms with E-state index in [0.29, 0.717) is 24.6 Å². The van der Waals surface area contributed by atoms with Gasteiger partial charge in [0.05, 0.1) is 12.3 Å². The molecule has 1 aromatic rings. The van der Waals surface area contributed by atoms with Crippen molar-refractivity contribution >= 4 is 11.8 Å². The van der Waals surface area contributed by atoms with Gasteiger partial charge in [0.2, 0.25) is 5.91 Å². The van der Waals surface area contributed by atoms with Gasteiger partial charge in [0.25, 0.3) is 5.91 Å². The second-order valence-electron chi connectivity index (χ2n) is 8.46. The van der Waals surface area contributed by atoms with Crippen molar-refractivity contribution in [3.63, 3.8) is 0 Å². The fraction of sp³-hybridized carbons (Fsp3) is 0.667. The Hall–Kier alpha value is -1.95. The molecule has 6 heteroatoms. The second kappa shape index (κ2) is 7.58. The Morgan fingerprint density at radius 1 is 1.26 bits per heavy atom. The van der Waals surface area contributed by atoms with Gasteiger partial charge in [0, 0.05) is 39.7 Å². The number of likely N-dealkylation sites (tertiary alicyclic amines) is 2. The van der Waals surface area contributed by atoms with Crippen LogP contribution in [0, 0.1) is 11.3 Å². The highest BCUT2D eigenvalue weighted by molar-refractivity contribution is 5.92. The molecule has 4 rings (SSSR count). The van der Waals surface area contributed by atoms with Crippen molar-refractivity contribution in [2.75, 3.05) is 33.3 Å². The third-order valence-electron chi connectivity index (χ3n) is 6.35. The molecule has 27 heavy (non-hydrogen) atoms. The second-order valence-corrected chi connectivity index (χ2v) is 8.46. The molecule has 0 unspecified atom stereocenters. The van der Waals surface area contributed by atoms with Gasteiger partial charge in [-0.2, -0.15) is 0 Å². The molecule has 1 aromatic heterocycles. The smallest absolute Gasteiger partial charge is 0.272 e. The Morgan fingerprint density at radius 3 is 2.74 bits per heavy atom. The summed E-state index contributed by atoms with van der Waals surface area (Å²) in [5, 5.41) is 0. The molecule has 2 saturated heterocycles. The van der Waals surface area contributed by atoms with E-state index in [9.17, 15) is 9.59 Å². The van der Waals surface area contributed by atoms with E-state index in [0.717, 1.165) is 57.1 Å². The number of hydrogen-bond acceptors (Lipinski definition) is 4. The minimum absolute atomic E-state index is 0.00419. The van der Waals surface area contributed by atoms with Gasteiger partial charge in [-0.3, -0.25) is 9.59 Å². The molecule has 3 fully saturated rings. The first kappa shape index (κ1) is 18.4. The van der Waals surface area contributed by atoms with Gasteiger partial charge in [0.1, 0.15) is 5.69 Å². The number of nitrogens with zero attached hydrogens (tertiary/aromatic N) is 3. The maximum absolute atomic E-state index is 12.9. The summed E-state index contributed by atoms with van der Waals surface area (Å²) in [6.45, 7) is 3.74. The van der Waals surface area contributed by atoms with Crippen LogP contribution in [0.15, 0.2) is 18.2 Å². The monoisotopic (exact) mass is 371 g/mol. The lowest BCUT2D eigenvalue weighted by Gasteiger charge is -2.47. The van der Waals surface area contributed by atoms with Crippen molar-refractivity contribution in [2.24, 2.45) is 11.3 Å². The van der Waals surface area contributed by atoms with Crippen LogP contribution in [0.1, 0.15) is 54.7 Å². The minimum Gasteiger partial charge on any atom is -0.378 e. The first-order valence-electron chi connectivity index (χ1n) is 10.1. The predicted octanol–water partition coefficient (Wildman–Crippen LogP) is 2.48. The van der Waals surface area contributed by atoms with Gasteiger partial charge in [-0.05, 0) is 55.6 Å². The van der Waals surface area contributed by atoms with E-state index in [2.05, 4.69) is 9.88 Å². The molecule has 0 aromatic carbocycles. The van der Waals surface area contributed by atoms with Gasteiger partial charge < -0.3 is 14.5 Å². The maximum atomic E-state index is 12.9. The summed E-state index contributed by atoms with van der Waals surface area (Å²) in [5.74, 6) is 1.06. The number of ether oxygens (including phenoxy) is 1. The maximum Gasteiger partial charge on any atom is 0.272 e. The summed E-state index contributed by atoms with van der Waals surface area (Å²) in [5.41, 5.74) is 1.47. The molecule has 1 aliphatic carbocycles. The summed E-state index contributed by atoms with van der Waals surface area (Å²) < 4.78 is 5.11. The van der Waals surface area contributed by atoms with Crippen molar-refractivity contribution < 1.29 is 14.3 Å². The molecule has 0 N–H and O–H groups in total. The molecular formula is C21H29N3O3. The van der Waals surface area contributed by atoms with Crippen LogP contribution in [0.25, 0.3) is 0 Å². The lowest BCUT2D eigenvalue weighted by atomic mass is 9.72. The highest BCUT2D eigenvalue weighted by atomic mass is 16.5. The number of carbonyl (C=O) groups excluding carboxylic acids is 2. The van der Waals surface area contributed by atoms with Crippen LogP contribution >= 0.6 is 0 Å². The van der Waals surface area contributed by atoms with Crippen LogP contribution in [0.5, 0.6) is 0 Å². The van der Waals surface area contributed by atoms with Crippen LogP contribution in [0.4, 0.5) is 0 Å². The third kappa shape index (κ3) is 4.15. The fourth-order valence-corrected chi connectivity index (χ4v) is 4.46. The van der Waals surface area contributed by atoms with Crippen molar-refractivity contribution in [2.45, 2.75) is 45.1 Å². The molecule has 2 amide bonds. The number of amides is 2. The van der Waals surface area contributed by atoms with Gasteiger partial charge in [-0.1, -0.05) is 6.07 Å². The summed E-state index contributed by atoms with van der Waals surface area (Å²) in [7, 11) is 1.63. The zero-order valence-corrected chi connectivity index (χ0v) is 16.2. The Morgan fingerprint density at radius 2 is 2.04 bits per heavy atom. The Labute approximate surface area is 160 Å². The average molecular weight is 371 g/mol. The molecule has 6 nitrogen and oxygen atoms in total. The molecule has 0 atom stereocenters. The quantitative estimate of drug-likeness (QED) is 0.798. The zero-order chi connectivity index (χ0) is 18.9. The normalized spacial score (nSPS) is 22.3. The lowest BCUT2D eigenvalue weighted by molar-refractivity contribution is -0.139. The first-order chi connectivity index (χ1) is 13.1. The number of hydrogen-bond donors (Lipinski definition) is 0. The molecule has 1 saturated carbocycles. The lowest BCUT2D eigenvalue weighted by Crippen LogP contribution is -2.52. The molecular weight excluding hydrogens is 342 g/mol. The summed E-state index contributed by atoms with van der Waals surface area (Å²) in [6, 6.07) is 5.52. The third-order valence-corrected chi connectivity index (χ3v) is 6.35. The summed E-state index contributed by atoms with van der Waals surface area (Å²) in [4.78, 5) is 33.6. The van der Waals surface area contributed by atoms with Crippen LogP contribution in [-0.4, -0.2) is 59.9 Å². The van der Waals surface area contributed by atoms with E-state index in [1.807, 2.05) is 17.0 Å². The van der Waals surface area contributed by atoms with Crippen molar-refractivity contribution in [3.05, 3.63) is 29.6 Å². The van der Waals surface area contributed by atoms with E-state index in [1.54, 1.807) is 13.2 Å². The van der Waals surface area contributed by atoms with Gasteiger partial charge in [-0.15, -0.1) is 0 Å². The first-order valence-corrected chi connectivity index (χ1v) is 10.1. The van der Waals surface area contributed by atoms with E-state index in [-0.39, 0.29) is 11.3 Å². The molecule has 2 aliphatic heterocycles. The van der Waals surface area contributed by atoms with E-state index >= 15 is 0 Å². The van der Waals surface area contributed by atoms with Crippen LogP contribution < -0.4 is 0 Å². The highest BCUT2D eigenvalue weighted by Crippen LogP contribution is 2.42. The van der Waals surface area contributed by atoms with Gasteiger partial charge in [-0.25, -0.2) is 4.98 Å². The van der Waals surface area contributed by atoms with E-state index < -0.39 is 0 Å². The number of aromatic nitrogens is 1. The highest BCUT2D eigenvalue weighted by Gasteiger charge is 2.42. The molecule has 0 radical (unpaired) electrons. The zero-order valence-electron chi connectivity index (χ0n) is 16.2. The van der Waals surface area contributed by atoms with Crippen molar-refractivity contribution in [3.8, 4) is 0 Å². The van der Waals surface area contributed by atoms with Crippen LogP contribution in [0.3, 0.4) is 0 Å². The number of pyridine rings is 1. The number of carbonyl (C=O) groups is 2. The molecule has 0 bridgehead atoms. The summed E-state index contributed by atoms with van der Waals surface area (Å²) in [6.07, 6.45) is 6.14.